The van der Waals surface area contributed by atoms with Gasteiger partial charge in [-0.1, -0.05) is 50.1 Å². The molecule has 0 bridgehead atoms. The Balaban J connectivity index is 2.14. The minimum Gasteiger partial charge on any atom is -0.479 e. The molecule has 2 rings (SSSR count). The third kappa shape index (κ3) is 4.05. The van der Waals surface area contributed by atoms with Crippen LogP contribution >= 0.6 is 0 Å². The number of carboxylic acid groups (broad SMARTS) is 1. The molecule has 2 N–H and O–H groups in total. The lowest BCUT2D eigenvalue weighted by molar-refractivity contribution is -0.161. The molecule has 0 amide bonds. The Bertz CT molecular complexity index is 456. The van der Waals surface area contributed by atoms with Gasteiger partial charge < -0.3 is 10.2 Å². The first-order chi connectivity index (χ1) is 10.0. The Morgan fingerprint density at radius 2 is 1.90 bits per heavy atom. The van der Waals surface area contributed by atoms with Crippen molar-refractivity contribution in [2.75, 3.05) is 6.54 Å². The third-order valence-corrected chi connectivity index (χ3v) is 4.52. The Morgan fingerprint density at radius 3 is 2.43 bits per heavy atom. The summed E-state index contributed by atoms with van der Waals surface area (Å²) in [7, 11) is 0. The van der Waals surface area contributed by atoms with Gasteiger partial charge in [0.1, 0.15) is 0 Å². The lowest BCUT2D eigenvalue weighted by Gasteiger charge is -2.34. The quantitative estimate of drug-likeness (QED) is 0.811. The number of aliphatic hydroxyl groups is 1. The average Bonchev–Trinajstić information content (AvgIpc) is 3.01. The molecule has 4 heteroatoms. The lowest BCUT2D eigenvalue weighted by Crippen LogP contribution is -2.50. The van der Waals surface area contributed by atoms with Crippen LogP contribution in [0.1, 0.15) is 44.6 Å². The maximum absolute atomic E-state index is 11.4. The van der Waals surface area contributed by atoms with Crippen LogP contribution in [0.2, 0.25) is 0 Å². The molecule has 1 unspecified atom stereocenters. The molecular formula is C17H25NO3. The van der Waals surface area contributed by atoms with E-state index in [0.717, 1.165) is 18.4 Å². The van der Waals surface area contributed by atoms with Crippen LogP contribution < -0.4 is 0 Å². The zero-order chi connectivity index (χ0) is 15.3. The number of hydrogen-bond donors (Lipinski definition) is 2. The molecule has 1 atom stereocenters. The van der Waals surface area contributed by atoms with Crippen molar-refractivity contribution in [2.45, 2.75) is 57.2 Å². The smallest absolute Gasteiger partial charge is 0.337 e. The predicted molar refractivity (Wildman–Crippen MR) is 82.0 cm³/mol. The zero-order valence-corrected chi connectivity index (χ0v) is 12.7. The number of carbonyl (C=O) groups is 1. The molecule has 0 spiro atoms. The lowest BCUT2D eigenvalue weighted by atomic mass is 9.98. The molecule has 0 aliphatic heterocycles. The Labute approximate surface area is 126 Å². The van der Waals surface area contributed by atoms with Crippen molar-refractivity contribution in [2.24, 2.45) is 0 Å². The number of benzene rings is 1. The second-order valence-corrected chi connectivity index (χ2v) is 6.02. The molecule has 1 aliphatic carbocycles. The Kier molecular flexibility index (Phi) is 5.37. The Morgan fingerprint density at radius 1 is 1.29 bits per heavy atom. The zero-order valence-electron chi connectivity index (χ0n) is 12.7. The predicted octanol–water partition coefficient (Wildman–Crippen LogP) is 2.66. The summed E-state index contributed by atoms with van der Waals surface area (Å²) >= 11 is 0. The molecule has 0 heterocycles. The van der Waals surface area contributed by atoms with E-state index in [1.165, 1.54) is 12.8 Å². The van der Waals surface area contributed by atoms with Gasteiger partial charge in [0.15, 0.2) is 5.60 Å². The standard InChI is InChI=1S/C17H25NO3/c1-2-17(21,16(19)20)13-18(15-10-6-7-11-15)12-14-8-4-3-5-9-14/h3-5,8-9,15,21H,2,6-7,10-13H2,1H3,(H,19,20). The molecule has 116 valence electrons. The van der Waals surface area contributed by atoms with Crippen LogP contribution in [0.25, 0.3) is 0 Å². The first-order valence-electron chi connectivity index (χ1n) is 7.79. The van der Waals surface area contributed by atoms with Crippen LogP contribution in [0.4, 0.5) is 0 Å². The van der Waals surface area contributed by atoms with Crippen molar-refractivity contribution in [3.05, 3.63) is 35.9 Å². The van der Waals surface area contributed by atoms with Gasteiger partial charge in [-0.15, -0.1) is 0 Å². The monoisotopic (exact) mass is 291 g/mol. The van der Waals surface area contributed by atoms with E-state index in [1.54, 1.807) is 6.92 Å². The van der Waals surface area contributed by atoms with E-state index in [-0.39, 0.29) is 13.0 Å². The van der Waals surface area contributed by atoms with Crippen LogP contribution in [-0.4, -0.2) is 39.3 Å². The van der Waals surface area contributed by atoms with Gasteiger partial charge in [-0.05, 0) is 24.8 Å². The average molecular weight is 291 g/mol. The van der Waals surface area contributed by atoms with Crippen LogP contribution in [0.15, 0.2) is 30.3 Å². The molecular weight excluding hydrogens is 266 g/mol. The van der Waals surface area contributed by atoms with E-state index in [9.17, 15) is 15.0 Å². The first kappa shape index (κ1) is 16.0. The summed E-state index contributed by atoms with van der Waals surface area (Å²) in [6.45, 7) is 2.61. The van der Waals surface area contributed by atoms with Gasteiger partial charge in [0.25, 0.3) is 0 Å². The highest BCUT2D eigenvalue weighted by molar-refractivity contribution is 5.77. The van der Waals surface area contributed by atoms with Gasteiger partial charge in [-0.25, -0.2) is 4.79 Å². The number of carboxylic acids is 1. The van der Waals surface area contributed by atoms with Crippen LogP contribution in [0.3, 0.4) is 0 Å². The van der Waals surface area contributed by atoms with E-state index < -0.39 is 11.6 Å². The normalized spacial score (nSPS) is 18.8. The summed E-state index contributed by atoms with van der Waals surface area (Å²) in [5.41, 5.74) is -0.495. The topological polar surface area (TPSA) is 60.8 Å². The molecule has 0 aromatic heterocycles. The van der Waals surface area contributed by atoms with Crippen molar-refractivity contribution in [1.29, 1.82) is 0 Å². The van der Waals surface area contributed by atoms with Crippen molar-refractivity contribution in [3.63, 3.8) is 0 Å². The Hall–Kier alpha value is -1.39. The number of aliphatic carboxylic acids is 1. The minimum atomic E-state index is -1.66. The van der Waals surface area contributed by atoms with E-state index >= 15 is 0 Å². The highest BCUT2D eigenvalue weighted by Gasteiger charge is 2.38. The highest BCUT2D eigenvalue weighted by Crippen LogP contribution is 2.27. The minimum absolute atomic E-state index is 0.193. The molecule has 1 aromatic rings. The van der Waals surface area contributed by atoms with E-state index in [4.69, 9.17) is 0 Å². The maximum Gasteiger partial charge on any atom is 0.337 e. The third-order valence-electron chi connectivity index (χ3n) is 4.52. The fourth-order valence-electron chi connectivity index (χ4n) is 3.07. The summed E-state index contributed by atoms with van der Waals surface area (Å²) in [5.74, 6) is -1.12. The van der Waals surface area contributed by atoms with Gasteiger partial charge in [0.2, 0.25) is 0 Å². The molecule has 4 nitrogen and oxygen atoms in total. The molecule has 21 heavy (non-hydrogen) atoms. The molecule has 1 fully saturated rings. The summed E-state index contributed by atoms with van der Waals surface area (Å²) in [4.78, 5) is 13.5. The number of rotatable bonds is 7. The van der Waals surface area contributed by atoms with Crippen LogP contribution in [-0.2, 0) is 11.3 Å². The summed E-state index contributed by atoms with van der Waals surface area (Å²) in [6.07, 6.45) is 4.78. The first-order valence-corrected chi connectivity index (χ1v) is 7.79. The largest absolute Gasteiger partial charge is 0.479 e. The summed E-state index contributed by atoms with van der Waals surface area (Å²) in [5, 5.41) is 19.7. The van der Waals surface area contributed by atoms with E-state index in [0.29, 0.717) is 12.6 Å². The molecule has 1 saturated carbocycles. The number of nitrogens with zero attached hydrogens (tertiary/aromatic N) is 1. The molecule has 1 aromatic carbocycles. The van der Waals surface area contributed by atoms with Gasteiger partial charge in [0.05, 0.1) is 0 Å². The summed E-state index contributed by atoms with van der Waals surface area (Å²) in [6, 6.07) is 10.4. The van der Waals surface area contributed by atoms with Crippen molar-refractivity contribution >= 4 is 5.97 Å². The second kappa shape index (κ2) is 7.05. The molecule has 1 aliphatic rings. The fourth-order valence-corrected chi connectivity index (χ4v) is 3.07. The number of hydrogen-bond acceptors (Lipinski definition) is 3. The van der Waals surface area contributed by atoms with E-state index in [2.05, 4.69) is 4.90 Å². The SMILES string of the molecule is CCC(O)(CN(Cc1ccccc1)C1CCCC1)C(=O)O. The van der Waals surface area contributed by atoms with Crippen molar-refractivity contribution in [1.82, 2.24) is 4.90 Å². The van der Waals surface area contributed by atoms with E-state index in [1.807, 2.05) is 30.3 Å². The fraction of sp³-hybridized carbons (Fsp3) is 0.588. The maximum atomic E-state index is 11.4. The van der Waals surface area contributed by atoms with Crippen molar-refractivity contribution < 1.29 is 15.0 Å². The molecule has 0 saturated heterocycles. The van der Waals surface area contributed by atoms with Gasteiger partial charge in [-0.3, -0.25) is 4.90 Å². The van der Waals surface area contributed by atoms with Crippen molar-refractivity contribution in [3.8, 4) is 0 Å². The summed E-state index contributed by atoms with van der Waals surface area (Å²) < 4.78 is 0. The van der Waals surface area contributed by atoms with Crippen LogP contribution in [0.5, 0.6) is 0 Å². The highest BCUT2D eigenvalue weighted by atomic mass is 16.4. The second-order valence-electron chi connectivity index (χ2n) is 6.02. The van der Waals surface area contributed by atoms with Gasteiger partial charge in [-0.2, -0.15) is 0 Å². The molecule has 0 radical (unpaired) electrons. The van der Waals surface area contributed by atoms with Gasteiger partial charge >= 0.3 is 5.97 Å². The van der Waals surface area contributed by atoms with Gasteiger partial charge in [0, 0.05) is 19.1 Å². The van der Waals surface area contributed by atoms with Crippen LogP contribution in [0, 0.1) is 0 Å².